The van der Waals surface area contributed by atoms with Gasteiger partial charge in [0.05, 0.1) is 6.54 Å². The number of rotatable bonds is 6. The van der Waals surface area contributed by atoms with Crippen LogP contribution in [0.2, 0.25) is 0 Å². The van der Waals surface area contributed by atoms with Crippen molar-refractivity contribution in [3.8, 4) is 0 Å². The molecular formula is C17H22N4O3. The van der Waals surface area contributed by atoms with E-state index in [1.54, 1.807) is 0 Å². The molecule has 128 valence electrons. The molecule has 0 aliphatic heterocycles. The largest absolute Gasteiger partial charge is 0.353 e. The highest BCUT2D eigenvalue weighted by atomic mass is 16.2. The van der Waals surface area contributed by atoms with E-state index in [0.717, 1.165) is 11.1 Å². The highest BCUT2D eigenvalue weighted by molar-refractivity contribution is 5.83. The summed E-state index contributed by atoms with van der Waals surface area (Å²) >= 11 is 0. The summed E-state index contributed by atoms with van der Waals surface area (Å²) in [4.78, 5) is 37.2. The van der Waals surface area contributed by atoms with E-state index in [2.05, 4.69) is 10.4 Å². The van der Waals surface area contributed by atoms with Gasteiger partial charge in [-0.3, -0.25) is 24.4 Å². The van der Waals surface area contributed by atoms with Crippen LogP contribution in [0.5, 0.6) is 0 Å². The molecule has 0 radical (unpaired) electrons. The number of benzene rings is 1. The predicted octanol–water partition coefficient (Wildman–Crippen LogP) is 0.264. The number of carbonyl (C=O) groups excluding carboxylic acids is 1. The Hall–Kier alpha value is -2.67. The van der Waals surface area contributed by atoms with E-state index in [4.69, 9.17) is 0 Å². The number of nitrogens with zero attached hydrogens (tertiary/aromatic N) is 2. The first-order valence-corrected chi connectivity index (χ1v) is 7.69. The van der Waals surface area contributed by atoms with Crippen LogP contribution in [0.1, 0.15) is 17.2 Å². The zero-order valence-electron chi connectivity index (χ0n) is 14.1. The van der Waals surface area contributed by atoms with Gasteiger partial charge in [0.1, 0.15) is 6.04 Å². The van der Waals surface area contributed by atoms with E-state index in [1.807, 2.05) is 50.2 Å². The second-order valence-corrected chi connectivity index (χ2v) is 5.87. The van der Waals surface area contributed by atoms with Gasteiger partial charge in [0.2, 0.25) is 5.91 Å². The third-order valence-electron chi connectivity index (χ3n) is 3.65. The van der Waals surface area contributed by atoms with Crippen molar-refractivity contribution < 1.29 is 4.79 Å². The molecule has 2 rings (SSSR count). The maximum atomic E-state index is 12.5. The molecule has 0 fully saturated rings. The number of nitrogens with one attached hydrogen (secondary N) is 2. The van der Waals surface area contributed by atoms with Crippen molar-refractivity contribution in [1.82, 2.24) is 20.0 Å². The molecule has 1 unspecified atom stereocenters. The fourth-order valence-corrected chi connectivity index (χ4v) is 2.54. The van der Waals surface area contributed by atoms with Crippen molar-refractivity contribution in [3.05, 3.63) is 68.2 Å². The highest BCUT2D eigenvalue weighted by Crippen LogP contribution is 2.19. The van der Waals surface area contributed by atoms with Gasteiger partial charge >= 0.3 is 0 Å². The molecular weight excluding hydrogens is 308 g/mol. The van der Waals surface area contributed by atoms with Crippen LogP contribution in [-0.4, -0.2) is 41.2 Å². The van der Waals surface area contributed by atoms with Gasteiger partial charge in [-0.15, -0.1) is 0 Å². The SMILES string of the molecule is Cc1cccc(C(C(=O)NCCn2[nH]c(=O)ccc2=O)N(C)C)c1. The number of hydrogen-bond donors (Lipinski definition) is 2. The minimum atomic E-state index is -0.420. The Morgan fingerprint density at radius 3 is 2.67 bits per heavy atom. The number of hydrogen-bond acceptors (Lipinski definition) is 4. The molecule has 1 aromatic carbocycles. The fraction of sp³-hybridized carbons (Fsp3) is 0.353. The van der Waals surface area contributed by atoms with E-state index in [0.29, 0.717) is 0 Å². The van der Waals surface area contributed by atoms with E-state index in [9.17, 15) is 14.4 Å². The van der Waals surface area contributed by atoms with Crippen molar-refractivity contribution in [3.63, 3.8) is 0 Å². The van der Waals surface area contributed by atoms with Crippen LogP contribution in [0.3, 0.4) is 0 Å². The monoisotopic (exact) mass is 330 g/mol. The maximum absolute atomic E-state index is 12.5. The smallest absolute Gasteiger partial charge is 0.265 e. The number of H-pyrrole nitrogens is 1. The Kier molecular flexibility index (Phi) is 5.70. The van der Waals surface area contributed by atoms with Crippen molar-refractivity contribution in [2.24, 2.45) is 0 Å². The molecule has 0 bridgehead atoms. The first kappa shape index (κ1) is 17.7. The lowest BCUT2D eigenvalue weighted by Crippen LogP contribution is -2.40. The summed E-state index contributed by atoms with van der Waals surface area (Å²) < 4.78 is 1.18. The number of aromatic nitrogens is 2. The lowest BCUT2D eigenvalue weighted by atomic mass is 10.0. The first-order chi connectivity index (χ1) is 11.4. The van der Waals surface area contributed by atoms with Gasteiger partial charge in [-0.05, 0) is 26.6 Å². The topological polar surface area (TPSA) is 87.2 Å². The average molecular weight is 330 g/mol. The van der Waals surface area contributed by atoms with Crippen LogP contribution >= 0.6 is 0 Å². The van der Waals surface area contributed by atoms with Gasteiger partial charge in [0.15, 0.2) is 0 Å². The zero-order chi connectivity index (χ0) is 17.7. The van der Waals surface area contributed by atoms with Gasteiger partial charge in [-0.1, -0.05) is 29.8 Å². The molecule has 24 heavy (non-hydrogen) atoms. The number of carbonyl (C=O) groups is 1. The van der Waals surface area contributed by atoms with E-state index in [-0.39, 0.29) is 30.1 Å². The lowest BCUT2D eigenvalue weighted by Gasteiger charge is -2.24. The van der Waals surface area contributed by atoms with Crippen molar-refractivity contribution in [2.75, 3.05) is 20.6 Å². The Morgan fingerprint density at radius 1 is 1.25 bits per heavy atom. The summed E-state index contributed by atoms with van der Waals surface area (Å²) in [5.41, 5.74) is 1.32. The highest BCUT2D eigenvalue weighted by Gasteiger charge is 2.22. The minimum absolute atomic E-state index is 0.156. The number of amides is 1. The Balaban J connectivity index is 2.05. The van der Waals surface area contributed by atoms with Gasteiger partial charge in [-0.2, -0.15) is 0 Å². The Morgan fingerprint density at radius 2 is 2.00 bits per heavy atom. The van der Waals surface area contributed by atoms with Crippen LogP contribution in [-0.2, 0) is 11.3 Å². The third kappa shape index (κ3) is 4.42. The van der Waals surface area contributed by atoms with E-state index >= 15 is 0 Å². The standard InChI is InChI=1S/C17H22N4O3/c1-12-5-4-6-13(11-12)16(20(2)3)17(24)18-9-10-21-15(23)8-7-14(22)19-21/h4-8,11,16H,9-10H2,1-3H3,(H,18,24)(H,19,22). The number of aryl methyl sites for hydroxylation is 1. The first-order valence-electron chi connectivity index (χ1n) is 7.69. The summed E-state index contributed by atoms with van der Waals surface area (Å²) in [5, 5.41) is 5.24. The molecule has 2 N–H and O–H groups in total. The summed E-state index contributed by atoms with van der Waals surface area (Å²) in [6.07, 6.45) is 0. The second kappa shape index (κ2) is 7.74. The molecule has 0 saturated heterocycles. The molecule has 1 aromatic heterocycles. The molecule has 1 amide bonds. The molecule has 1 heterocycles. The fourth-order valence-electron chi connectivity index (χ4n) is 2.54. The van der Waals surface area contributed by atoms with Crippen LogP contribution in [0.15, 0.2) is 46.0 Å². The molecule has 2 aromatic rings. The van der Waals surface area contributed by atoms with Crippen LogP contribution in [0.25, 0.3) is 0 Å². The van der Waals surface area contributed by atoms with Gasteiger partial charge < -0.3 is 5.32 Å². The molecule has 1 atom stereocenters. The summed E-state index contributed by atoms with van der Waals surface area (Å²) in [6, 6.07) is 9.75. The van der Waals surface area contributed by atoms with Crippen molar-refractivity contribution in [1.29, 1.82) is 0 Å². The predicted molar refractivity (Wildman–Crippen MR) is 91.9 cm³/mol. The number of likely N-dealkylation sites (N-methyl/N-ethyl adjacent to an activating group) is 1. The van der Waals surface area contributed by atoms with Gasteiger partial charge in [0.25, 0.3) is 11.1 Å². The van der Waals surface area contributed by atoms with Gasteiger partial charge in [-0.25, -0.2) is 4.68 Å². The summed E-state index contributed by atoms with van der Waals surface area (Å²) in [5.74, 6) is -0.156. The molecule has 0 saturated carbocycles. The van der Waals surface area contributed by atoms with Crippen molar-refractivity contribution in [2.45, 2.75) is 19.5 Å². The Bertz CT molecular complexity index is 823. The van der Waals surface area contributed by atoms with Gasteiger partial charge in [0, 0.05) is 18.7 Å². The molecule has 0 spiro atoms. The lowest BCUT2D eigenvalue weighted by molar-refractivity contribution is -0.125. The molecule has 7 heteroatoms. The van der Waals surface area contributed by atoms with Crippen LogP contribution in [0, 0.1) is 6.92 Å². The summed E-state index contributed by atoms with van der Waals surface area (Å²) in [6.45, 7) is 2.43. The van der Waals surface area contributed by atoms with Crippen LogP contribution < -0.4 is 16.4 Å². The van der Waals surface area contributed by atoms with E-state index < -0.39 is 6.04 Å². The Labute approximate surface area is 139 Å². The van der Waals surface area contributed by atoms with Crippen LogP contribution in [0.4, 0.5) is 0 Å². The molecule has 7 nitrogen and oxygen atoms in total. The number of aromatic amines is 1. The average Bonchev–Trinajstić information content (AvgIpc) is 2.50. The normalized spacial score (nSPS) is 12.2. The molecule has 0 aliphatic rings. The quantitative estimate of drug-likeness (QED) is 0.796. The third-order valence-corrected chi connectivity index (χ3v) is 3.65. The maximum Gasteiger partial charge on any atom is 0.265 e. The zero-order valence-corrected chi connectivity index (χ0v) is 14.1. The molecule has 0 aliphatic carbocycles. The second-order valence-electron chi connectivity index (χ2n) is 5.87. The van der Waals surface area contributed by atoms with Crippen molar-refractivity contribution >= 4 is 5.91 Å². The minimum Gasteiger partial charge on any atom is -0.353 e. The summed E-state index contributed by atoms with van der Waals surface area (Å²) in [7, 11) is 3.68. The van der Waals surface area contributed by atoms with E-state index in [1.165, 1.54) is 16.8 Å².